The lowest BCUT2D eigenvalue weighted by molar-refractivity contribution is -0.138. The van der Waals surface area contributed by atoms with Gasteiger partial charge in [-0.1, -0.05) is 0 Å². The lowest BCUT2D eigenvalue weighted by Crippen LogP contribution is -2.46. The highest BCUT2D eigenvalue weighted by molar-refractivity contribution is 7.11. The van der Waals surface area contributed by atoms with Crippen molar-refractivity contribution in [2.75, 3.05) is 19.7 Å². The number of carbonyl (C=O) groups is 1. The molecule has 0 saturated carbocycles. The molecule has 2 aromatic rings. The van der Waals surface area contributed by atoms with Gasteiger partial charge in [-0.25, -0.2) is 15.0 Å². The van der Waals surface area contributed by atoms with Crippen LogP contribution in [0.2, 0.25) is 0 Å². The summed E-state index contributed by atoms with van der Waals surface area (Å²) in [6.07, 6.45) is 5.52. The topological polar surface area (TPSA) is 68.2 Å². The highest BCUT2D eigenvalue weighted by atomic mass is 32.1. The van der Waals surface area contributed by atoms with Crippen molar-refractivity contribution >= 4 is 17.2 Å². The molecule has 1 amide bonds. The van der Waals surface area contributed by atoms with Gasteiger partial charge in [0, 0.05) is 29.9 Å². The molecule has 0 aliphatic carbocycles. The van der Waals surface area contributed by atoms with E-state index in [0.717, 1.165) is 34.1 Å². The summed E-state index contributed by atoms with van der Waals surface area (Å²) >= 11 is 1.61. The largest absolute Gasteiger partial charge is 0.375 e. The predicted molar refractivity (Wildman–Crippen MR) is 92.0 cm³/mol. The molecule has 1 aliphatic heterocycles. The SMILES string of the molecule is Cc1nc(C)c(CC(=O)N2CCO[C@H](CCc3ccncn3)C2)s1. The molecule has 0 aromatic carbocycles. The molecule has 6 nitrogen and oxygen atoms in total. The van der Waals surface area contributed by atoms with Crippen LogP contribution in [0.4, 0.5) is 0 Å². The molecular formula is C17H22N4O2S. The number of hydrogen-bond donors (Lipinski definition) is 0. The molecule has 0 radical (unpaired) electrons. The maximum absolute atomic E-state index is 12.6. The lowest BCUT2D eigenvalue weighted by Gasteiger charge is -2.33. The average molecular weight is 346 g/mol. The fourth-order valence-corrected chi connectivity index (χ4v) is 3.81. The van der Waals surface area contributed by atoms with Crippen molar-refractivity contribution in [3.63, 3.8) is 0 Å². The molecule has 0 unspecified atom stereocenters. The van der Waals surface area contributed by atoms with Gasteiger partial charge in [-0.05, 0) is 32.8 Å². The summed E-state index contributed by atoms with van der Waals surface area (Å²) in [5.41, 5.74) is 1.98. The van der Waals surface area contributed by atoms with Gasteiger partial charge < -0.3 is 9.64 Å². The molecule has 1 aliphatic rings. The van der Waals surface area contributed by atoms with Gasteiger partial charge in [-0.2, -0.15) is 0 Å². The van der Waals surface area contributed by atoms with Crippen LogP contribution < -0.4 is 0 Å². The zero-order chi connectivity index (χ0) is 16.9. The van der Waals surface area contributed by atoms with Gasteiger partial charge in [-0.15, -0.1) is 11.3 Å². The quantitative estimate of drug-likeness (QED) is 0.828. The number of ether oxygens (including phenoxy) is 1. The van der Waals surface area contributed by atoms with E-state index in [4.69, 9.17) is 4.74 Å². The molecule has 1 atom stereocenters. The Balaban J connectivity index is 1.53. The molecular weight excluding hydrogens is 324 g/mol. The van der Waals surface area contributed by atoms with Gasteiger partial charge in [0.1, 0.15) is 6.33 Å². The third kappa shape index (κ3) is 4.36. The molecule has 7 heteroatoms. The summed E-state index contributed by atoms with van der Waals surface area (Å²) in [6, 6.07) is 1.92. The smallest absolute Gasteiger partial charge is 0.228 e. The predicted octanol–water partition coefficient (Wildman–Crippen LogP) is 1.95. The summed E-state index contributed by atoms with van der Waals surface area (Å²) in [6.45, 7) is 5.86. The summed E-state index contributed by atoms with van der Waals surface area (Å²) in [4.78, 5) is 28.1. The van der Waals surface area contributed by atoms with Crippen LogP contribution in [0.5, 0.6) is 0 Å². The van der Waals surface area contributed by atoms with Crippen molar-refractivity contribution in [3.8, 4) is 0 Å². The minimum Gasteiger partial charge on any atom is -0.375 e. The van der Waals surface area contributed by atoms with Gasteiger partial charge in [0.05, 0.1) is 29.8 Å². The standard InChI is InChI=1S/C17H22N4O2S/c1-12-16(24-13(2)20-12)9-17(22)21-7-8-23-15(10-21)4-3-14-5-6-18-11-19-14/h5-6,11,15H,3-4,7-10H2,1-2H3/t15-/m1/s1. The first-order chi connectivity index (χ1) is 11.6. The molecule has 1 fully saturated rings. The number of rotatable bonds is 5. The molecule has 24 heavy (non-hydrogen) atoms. The Labute approximate surface area is 145 Å². The van der Waals surface area contributed by atoms with Gasteiger partial charge in [0.25, 0.3) is 0 Å². The summed E-state index contributed by atoms with van der Waals surface area (Å²) in [5.74, 6) is 0.164. The molecule has 1 saturated heterocycles. The van der Waals surface area contributed by atoms with Crippen LogP contribution >= 0.6 is 11.3 Å². The number of hydrogen-bond acceptors (Lipinski definition) is 6. The number of carbonyl (C=O) groups excluding carboxylic acids is 1. The summed E-state index contributed by atoms with van der Waals surface area (Å²) in [5, 5.41) is 1.01. The van der Waals surface area contributed by atoms with Crippen LogP contribution in [0.25, 0.3) is 0 Å². The Morgan fingerprint density at radius 1 is 1.46 bits per heavy atom. The van der Waals surface area contributed by atoms with Crippen LogP contribution in [0.1, 0.15) is 27.7 Å². The molecule has 128 valence electrons. The first kappa shape index (κ1) is 17.0. The number of nitrogens with zero attached hydrogens (tertiary/aromatic N) is 4. The minimum absolute atomic E-state index is 0.0713. The second-order valence-corrected chi connectivity index (χ2v) is 7.28. The van der Waals surface area contributed by atoms with Crippen molar-refractivity contribution in [2.24, 2.45) is 0 Å². The second-order valence-electron chi connectivity index (χ2n) is 5.99. The van der Waals surface area contributed by atoms with E-state index in [1.54, 1.807) is 23.9 Å². The summed E-state index contributed by atoms with van der Waals surface area (Å²) in [7, 11) is 0. The van der Waals surface area contributed by atoms with E-state index in [-0.39, 0.29) is 12.0 Å². The monoisotopic (exact) mass is 346 g/mol. The maximum atomic E-state index is 12.6. The molecule has 2 aromatic heterocycles. The first-order valence-electron chi connectivity index (χ1n) is 8.19. The Morgan fingerprint density at radius 2 is 2.33 bits per heavy atom. The van der Waals surface area contributed by atoms with Gasteiger partial charge in [0.2, 0.25) is 5.91 Å². The number of aromatic nitrogens is 3. The van der Waals surface area contributed by atoms with E-state index in [1.807, 2.05) is 24.8 Å². The van der Waals surface area contributed by atoms with Crippen molar-refractivity contribution in [1.29, 1.82) is 0 Å². The molecule has 0 bridgehead atoms. The van der Waals surface area contributed by atoms with E-state index in [9.17, 15) is 4.79 Å². The Morgan fingerprint density at radius 3 is 3.04 bits per heavy atom. The number of thiazole rings is 1. The highest BCUT2D eigenvalue weighted by Gasteiger charge is 2.25. The molecule has 3 heterocycles. The second kappa shape index (κ2) is 7.81. The third-order valence-electron chi connectivity index (χ3n) is 4.17. The Bertz CT molecular complexity index is 689. The minimum atomic E-state index is 0.0713. The number of amides is 1. The normalized spacial score (nSPS) is 17.9. The van der Waals surface area contributed by atoms with E-state index < -0.39 is 0 Å². The van der Waals surface area contributed by atoms with Crippen molar-refractivity contribution < 1.29 is 9.53 Å². The third-order valence-corrected chi connectivity index (χ3v) is 5.24. The first-order valence-corrected chi connectivity index (χ1v) is 9.00. The van der Waals surface area contributed by atoms with Gasteiger partial charge in [-0.3, -0.25) is 4.79 Å². The van der Waals surface area contributed by atoms with Crippen molar-refractivity contribution in [2.45, 2.75) is 39.2 Å². The zero-order valence-corrected chi connectivity index (χ0v) is 14.9. The van der Waals surface area contributed by atoms with Crippen LogP contribution in [-0.2, 0) is 22.4 Å². The fourth-order valence-electron chi connectivity index (χ4n) is 2.88. The molecule has 0 spiro atoms. The zero-order valence-electron chi connectivity index (χ0n) is 14.1. The van der Waals surface area contributed by atoms with E-state index in [0.29, 0.717) is 26.1 Å². The molecule has 3 rings (SSSR count). The fraction of sp³-hybridized carbons (Fsp3) is 0.529. The van der Waals surface area contributed by atoms with Crippen LogP contribution in [0.15, 0.2) is 18.6 Å². The van der Waals surface area contributed by atoms with Crippen LogP contribution in [0.3, 0.4) is 0 Å². The molecule has 0 N–H and O–H groups in total. The van der Waals surface area contributed by atoms with Crippen molar-refractivity contribution in [3.05, 3.63) is 39.9 Å². The van der Waals surface area contributed by atoms with Gasteiger partial charge >= 0.3 is 0 Å². The van der Waals surface area contributed by atoms with Crippen molar-refractivity contribution in [1.82, 2.24) is 19.9 Å². The Kier molecular flexibility index (Phi) is 5.52. The number of morpholine rings is 1. The van der Waals surface area contributed by atoms with Crippen LogP contribution in [0, 0.1) is 13.8 Å². The van der Waals surface area contributed by atoms with Crippen LogP contribution in [-0.4, -0.2) is 51.6 Å². The number of aryl methyl sites for hydroxylation is 3. The van der Waals surface area contributed by atoms with E-state index in [1.165, 1.54) is 0 Å². The van der Waals surface area contributed by atoms with E-state index in [2.05, 4.69) is 15.0 Å². The van der Waals surface area contributed by atoms with Gasteiger partial charge in [0.15, 0.2) is 0 Å². The van der Waals surface area contributed by atoms with E-state index >= 15 is 0 Å². The maximum Gasteiger partial charge on any atom is 0.228 e. The average Bonchev–Trinajstić information content (AvgIpc) is 2.91. The summed E-state index contributed by atoms with van der Waals surface area (Å²) < 4.78 is 5.81. The highest BCUT2D eigenvalue weighted by Crippen LogP contribution is 2.19. The Hall–Kier alpha value is -1.86. The lowest BCUT2D eigenvalue weighted by atomic mass is 10.1.